The van der Waals surface area contributed by atoms with Gasteiger partial charge in [0.1, 0.15) is 5.69 Å². The van der Waals surface area contributed by atoms with Crippen LogP contribution in [0.4, 0.5) is 11.4 Å². The van der Waals surface area contributed by atoms with Crippen LogP contribution in [-0.4, -0.2) is 22.9 Å². The van der Waals surface area contributed by atoms with E-state index in [4.69, 9.17) is 5.84 Å². The van der Waals surface area contributed by atoms with E-state index >= 15 is 0 Å². The lowest BCUT2D eigenvalue weighted by Crippen LogP contribution is -2.37. The van der Waals surface area contributed by atoms with Crippen molar-refractivity contribution in [2.45, 2.75) is 26.8 Å². The summed E-state index contributed by atoms with van der Waals surface area (Å²) in [5.74, 6) is 6.82. The number of anilines is 1. The van der Waals surface area contributed by atoms with Gasteiger partial charge in [-0.3, -0.25) is 20.9 Å². The quantitative estimate of drug-likeness (QED) is 0.502. The number of nitrogens with zero attached hydrogens (tertiary/aromatic N) is 2. The Hall–Kier alpha value is -1.66. The van der Waals surface area contributed by atoms with Gasteiger partial charge in [-0.2, -0.15) is 0 Å². The number of rotatable bonds is 4. The number of likely N-dealkylation sites (tertiary alicyclic amines) is 1. The van der Waals surface area contributed by atoms with Gasteiger partial charge in [0.15, 0.2) is 0 Å². The second kappa shape index (κ2) is 6.19. The fraction of sp³-hybridized carbons (Fsp3) is 0.571. The Kier molecular flexibility index (Phi) is 4.57. The molecule has 1 aromatic carbocycles. The molecule has 1 aliphatic rings. The molecule has 0 amide bonds. The van der Waals surface area contributed by atoms with Crippen molar-refractivity contribution in [1.29, 1.82) is 0 Å². The molecule has 0 spiro atoms. The van der Waals surface area contributed by atoms with Gasteiger partial charge in [-0.1, -0.05) is 19.9 Å². The van der Waals surface area contributed by atoms with Crippen molar-refractivity contribution in [2.24, 2.45) is 17.7 Å². The van der Waals surface area contributed by atoms with Gasteiger partial charge >= 0.3 is 0 Å². The first-order valence-corrected chi connectivity index (χ1v) is 6.97. The Morgan fingerprint density at radius 3 is 2.80 bits per heavy atom. The van der Waals surface area contributed by atoms with E-state index in [9.17, 15) is 10.1 Å². The summed E-state index contributed by atoms with van der Waals surface area (Å²) in [5.41, 5.74) is 3.83. The summed E-state index contributed by atoms with van der Waals surface area (Å²) >= 11 is 0. The molecule has 2 unspecified atom stereocenters. The second-order valence-electron chi connectivity index (χ2n) is 5.73. The maximum absolute atomic E-state index is 10.9. The Morgan fingerprint density at radius 1 is 1.45 bits per heavy atom. The topological polar surface area (TPSA) is 84.4 Å². The molecule has 6 heteroatoms. The van der Waals surface area contributed by atoms with Crippen molar-refractivity contribution in [2.75, 3.05) is 18.5 Å². The highest BCUT2D eigenvalue weighted by Gasteiger charge is 2.23. The number of nitro groups is 1. The van der Waals surface area contributed by atoms with Crippen LogP contribution >= 0.6 is 0 Å². The number of hydrogen-bond donors (Lipinski definition) is 2. The van der Waals surface area contributed by atoms with E-state index in [1.165, 1.54) is 12.5 Å². The summed E-state index contributed by atoms with van der Waals surface area (Å²) in [6.07, 6.45) is 1.20. The van der Waals surface area contributed by atoms with Gasteiger partial charge < -0.3 is 5.43 Å². The third-order valence-corrected chi connectivity index (χ3v) is 4.24. The maximum atomic E-state index is 10.9. The molecule has 1 heterocycles. The van der Waals surface area contributed by atoms with Crippen molar-refractivity contribution in [3.05, 3.63) is 33.9 Å². The number of hydrazine groups is 1. The molecular formula is C14H22N4O2. The Bertz CT molecular complexity index is 492. The molecule has 2 rings (SSSR count). The smallest absolute Gasteiger partial charge is 0.293 e. The van der Waals surface area contributed by atoms with E-state index in [1.54, 1.807) is 6.07 Å². The van der Waals surface area contributed by atoms with Crippen molar-refractivity contribution in [3.63, 3.8) is 0 Å². The molecule has 20 heavy (non-hydrogen) atoms. The van der Waals surface area contributed by atoms with Crippen LogP contribution in [0.3, 0.4) is 0 Å². The van der Waals surface area contributed by atoms with Crippen molar-refractivity contribution in [3.8, 4) is 0 Å². The second-order valence-corrected chi connectivity index (χ2v) is 5.73. The number of nitro benzene ring substituents is 1. The summed E-state index contributed by atoms with van der Waals surface area (Å²) in [6.45, 7) is 7.53. The molecule has 110 valence electrons. The van der Waals surface area contributed by atoms with Crippen LogP contribution in [0.2, 0.25) is 0 Å². The van der Waals surface area contributed by atoms with Gasteiger partial charge in [-0.15, -0.1) is 0 Å². The number of hydrogen-bond acceptors (Lipinski definition) is 5. The number of piperidine rings is 1. The lowest BCUT2D eigenvalue weighted by atomic mass is 9.88. The van der Waals surface area contributed by atoms with E-state index in [0.29, 0.717) is 11.6 Å². The van der Waals surface area contributed by atoms with Crippen molar-refractivity contribution >= 4 is 11.4 Å². The van der Waals surface area contributed by atoms with E-state index in [2.05, 4.69) is 24.2 Å². The normalized spacial score (nSPS) is 23.6. The molecule has 1 aromatic rings. The molecule has 0 radical (unpaired) electrons. The summed E-state index contributed by atoms with van der Waals surface area (Å²) < 4.78 is 0. The van der Waals surface area contributed by atoms with E-state index in [0.717, 1.165) is 31.1 Å². The molecule has 0 saturated carbocycles. The molecule has 1 saturated heterocycles. The monoisotopic (exact) mass is 278 g/mol. The highest BCUT2D eigenvalue weighted by Crippen LogP contribution is 2.27. The summed E-state index contributed by atoms with van der Waals surface area (Å²) in [5, 5.41) is 10.9. The van der Waals surface area contributed by atoms with Crippen LogP contribution in [0.15, 0.2) is 18.2 Å². The summed E-state index contributed by atoms with van der Waals surface area (Å²) in [4.78, 5) is 12.8. The van der Waals surface area contributed by atoms with E-state index in [-0.39, 0.29) is 5.69 Å². The lowest BCUT2D eigenvalue weighted by Gasteiger charge is -2.35. The SMILES string of the molecule is CC1CCN(Cc2ccc([N+](=O)[O-])c(NN)c2)CC1C. The van der Waals surface area contributed by atoms with Crippen LogP contribution < -0.4 is 11.3 Å². The molecule has 0 bridgehead atoms. The predicted molar refractivity (Wildman–Crippen MR) is 79.1 cm³/mol. The third kappa shape index (κ3) is 3.26. The third-order valence-electron chi connectivity index (χ3n) is 4.24. The highest BCUT2D eigenvalue weighted by molar-refractivity contribution is 5.62. The van der Waals surface area contributed by atoms with Gasteiger partial charge in [0, 0.05) is 19.2 Å². The Morgan fingerprint density at radius 2 is 2.20 bits per heavy atom. The zero-order valence-electron chi connectivity index (χ0n) is 12.0. The molecule has 1 aliphatic heterocycles. The first kappa shape index (κ1) is 14.7. The van der Waals surface area contributed by atoms with E-state index < -0.39 is 4.92 Å². The average molecular weight is 278 g/mol. The number of benzene rings is 1. The Labute approximate surface area is 119 Å². The standard InChI is InChI=1S/C14H22N4O2/c1-10-5-6-17(8-11(10)2)9-12-3-4-14(18(19)20)13(7-12)16-15/h3-4,7,10-11,16H,5-6,8-9,15H2,1-2H3. The van der Waals surface area contributed by atoms with Crippen LogP contribution in [-0.2, 0) is 6.54 Å². The van der Waals surface area contributed by atoms with Gasteiger partial charge in [-0.05, 0) is 36.4 Å². The number of nitrogens with one attached hydrogen (secondary N) is 1. The number of nitrogen functional groups attached to an aromatic ring is 1. The molecule has 6 nitrogen and oxygen atoms in total. The molecule has 0 aromatic heterocycles. The zero-order chi connectivity index (χ0) is 14.7. The van der Waals surface area contributed by atoms with Crippen LogP contribution in [0.25, 0.3) is 0 Å². The summed E-state index contributed by atoms with van der Waals surface area (Å²) in [7, 11) is 0. The first-order chi connectivity index (χ1) is 9.51. The summed E-state index contributed by atoms with van der Waals surface area (Å²) in [6, 6.07) is 5.09. The van der Waals surface area contributed by atoms with Crippen molar-refractivity contribution in [1.82, 2.24) is 4.90 Å². The molecule has 1 fully saturated rings. The van der Waals surface area contributed by atoms with Gasteiger partial charge in [-0.25, -0.2) is 0 Å². The van der Waals surface area contributed by atoms with Gasteiger partial charge in [0.2, 0.25) is 0 Å². The number of nitrogens with two attached hydrogens (primary N) is 1. The van der Waals surface area contributed by atoms with E-state index in [1.807, 2.05) is 6.07 Å². The fourth-order valence-electron chi connectivity index (χ4n) is 2.71. The minimum absolute atomic E-state index is 0.0110. The lowest BCUT2D eigenvalue weighted by molar-refractivity contribution is -0.384. The predicted octanol–water partition coefficient (Wildman–Crippen LogP) is 2.36. The van der Waals surface area contributed by atoms with Gasteiger partial charge in [0.05, 0.1) is 4.92 Å². The molecule has 3 N–H and O–H groups in total. The fourth-order valence-corrected chi connectivity index (χ4v) is 2.71. The minimum atomic E-state index is -0.427. The van der Waals surface area contributed by atoms with Crippen LogP contribution in [0.5, 0.6) is 0 Å². The zero-order valence-corrected chi connectivity index (χ0v) is 12.0. The van der Waals surface area contributed by atoms with Crippen LogP contribution in [0, 0.1) is 22.0 Å². The highest BCUT2D eigenvalue weighted by atomic mass is 16.6. The average Bonchev–Trinajstić information content (AvgIpc) is 2.42. The molecule has 0 aliphatic carbocycles. The molecular weight excluding hydrogens is 256 g/mol. The first-order valence-electron chi connectivity index (χ1n) is 6.97. The Balaban J connectivity index is 2.08. The van der Waals surface area contributed by atoms with Gasteiger partial charge in [0.25, 0.3) is 5.69 Å². The molecule has 2 atom stereocenters. The van der Waals surface area contributed by atoms with Crippen LogP contribution in [0.1, 0.15) is 25.8 Å². The maximum Gasteiger partial charge on any atom is 0.293 e. The van der Waals surface area contributed by atoms with Crippen molar-refractivity contribution < 1.29 is 4.92 Å². The largest absolute Gasteiger partial charge is 0.318 e. The minimum Gasteiger partial charge on any atom is -0.318 e.